The van der Waals surface area contributed by atoms with Gasteiger partial charge >= 0.3 is 5.97 Å². The van der Waals surface area contributed by atoms with Crippen molar-refractivity contribution in [2.24, 2.45) is 0 Å². The summed E-state index contributed by atoms with van der Waals surface area (Å²) in [5.41, 5.74) is 2.43. The lowest BCUT2D eigenvalue weighted by Crippen LogP contribution is -2.30. The van der Waals surface area contributed by atoms with Crippen LogP contribution >= 0.6 is 11.3 Å². The lowest BCUT2D eigenvalue weighted by Gasteiger charge is -2.13. The number of methoxy groups -OCH3 is 1. The van der Waals surface area contributed by atoms with Gasteiger partial charge in [0, 0.05) is 17.8 Å². The lowest BCUT2D eigenvalue weighted by atomic mass is 9.95. The van der Waals surface area contributed by atoms with Gasteiger partial charge in [0.15, 0.2) is 0 Å². The number of hydrogen-bond donors (Lipinski definition) is 1. The second-order valence-electron chi connectivity index (χ2n) is 8.07. The van der Waals surface area contributed by atoms with Crippen LogP contribution in [0.3, 0.4) is 0 Å². The molecule has 2 aromatic rings. The molecule has 0 unspecified atom stereocenters. The van der Waals surface area contributed by atoms with Gasteiger partial charge in [0.2, 0.25) is 5.91 Å². The third kappa shape index (κ3) is 4.32. The normalized spacial score (nSPS) is 14.8. The zero-order valence-electron chi connectivity index (χ0n) is 18.1. The molecule has 0 bridgehead atoms. The van der Waals surface area contributed by atoms with Gasteiger partial charge in [-0.25, -0.2) is 4.79 Å². The van der Waals surface area contributed by atoms with E-state index in [-0.39, 0.29) is 17.7 Å². The maximum atomic E-state index is 12.5. The van der Waals surface area contributed by atoms with Gasteiger partial charge in [-0.2, -0.15) is 0 Å². The Kier molecular flexibility index (Phi) is 6.69. The zero-order valence-corrected chi connectivity index (χ0v) is 18.9. The number of carbonyl (C=O) groups is 4. The number of fused-ring (bicyclic) bond motifs is 2. The molecular formula is C24H26N2O5S. The molecule has 1 N–H and O–H groups in total. The minimum absolute atomic E-state index is 0.144. The minimum Gasteiger partial charge on any atom is -0.465 e. The molecule has 0 saturated heterocycles. The van der Waals surface area contributed by atoms with Crippen LogP contribution < -0.4 is 5.32 Å². The summed E-state index contributed by atoms with van der Waals surface area (Å²) < 4.78 is 4.94. The number of anilines is 1. The Balaban J connectivity index is 1.26. The molecule has 0 saturated carbocycles. The van der Waals surface area contributed by atoms with E-state index in [4.69, 9.17) is 4.74 Å². The second kappa shape index (κ2) is 9.65. The van der Waals surface area contributed by atoms with Crippen molar-refractivity contribution in [3.8, 4) is 0 Å². The molecule has 2 heterocycles. The van der Waals surface area contributed by atoms with Gasteiger partial charge in [0.25, 0.3) is 11.8 Å². The Bertz CT molecular complexity index is 1040. The average Bonchev–Trinajstić information content (AvgIpc) is 3.28. The highest BCUT2D eigenvalue weighted by Crippen LogP contribution is 2.38. The number of nitrogens with zero attached hydrogens (tertiary/aromatic N) is 1. The van der Waals surface area contributed by atoms with Crippen molar-refractivity contribution in [1.29, 1.82) is 0 Å². The van der Waals surface area contributed by atoms with E-state index in [9.17, 15) is 19.2 Å². The van der Waals surface area contributed by atoms with Crippen molar-refractivity contribution in [3.05, 3.63) is 51.4 Å². The van der Waals surface area contributed by atoms with Gasteiger partial charge in [-0.3, -0.25) is 19.3 Å². The van der Waals surface area contributed by atoms with Crippen LogP contribution in [0.4, 0.5) is 5.00 Å². The number of nitrogens with one attached hydrogen (secondary N) is 1. The van der Waals surface area contributed by atoms with E-state index in [1.54, 1.807) is 24.3 Å². The number of esters is 1. The summed E-state index contributed by atoms with van der Waals surface area (Å²) in [7, 11) is 1.36. The van der Waals surface area contributed by atoms with E-state index < -0.39 is 5.97 Å². The van der Waals surface area contributed by atoms with Crippen molar-refractivity contribution in [3.63, 3.8) is 0 Å². The van der Waals surface area contributed by atoms with Gasteiger partial charge < -0.3 is 10.1 Å². The van der Waals surface area contributed by atoms with E-state index in [2.05, 4.69) is 5.32 Å². The Morgan fingerprint density at radius 2 is 1.72 bits per heavy atom. The molecule has 1 aliphatic heterocycles. The number of aryl methyl sites for hydroxylation is 1. The molecule has 1 aromatic heterocycles. The van der Waals surface area contributed by atoms with E-state index in [1.807, 2.05) is 0 Å². The van der Waals surface area contributed by atoms with E-state index in [0.29, 0.717) is 53.9 Å². The first-order valence-electron chi connectivity index (χ1n) is 11.0. The maximum absolute atomic E-state index is 12.5. The summed E-state index contributed by atoms with van der Waals surface area (Å²) in [5.74, 6) is -1.05. The maximum Gasteiger partial charge on any atom is 0.341 e. The highest BCUT2D eigenvalue weighted by atomic mass is 32.1. The molecule has 32 heavy (non-hydrogen) atoms. The van der Waals surface area contributed by atoms with Crippen LogP contribution in [0.15, 0.2) is 24.3 Å². The van der Waals surface area contributed by atoms with Gasteiger partial charge in [0.1, 0.15) is 5.00 Å². The fraction of sp³-hybridized carbons (Fsp3) is 0.417. The highest BCUT2D eigenvalue weighted by Gasteiger charge is 2.34. The molecule has 0 spiro atoms. The van der Waals surface area contributed by atoms with Gasteiger partial charge in [-0.05, 0) is 56.2 Å². The highest BCUT2D eigenvalue weighted by molar-refractivity contribution is 7.17. The predicted octanol–water partition coefficient (Wildman–Crippen LogP) is 4.21. The fourth-order valence-electron chi connectivity index (χ4n) is 4.34. The molecule has 1 aromatic carbocycles. The van der Waals surface area contributed by atoms with Crippen molar-refractivity contribution >= 4 is 40.0 Å². The summed E-state index contributed by atoms with van der Waals surface area (Å²) in [6, 6.07) is 6.85. The van der Waals surface area contributed by atoms with Crippen molar-refractivity contribution < 1.29 is 23.9 Å². The summed E-state index contributed by atoms with van der Waals surface area (Å²) in [6.45, 7) is 0.345. The molecule has 7 nitrogen and oxygen atoms in total. The number of amides is 3. The molecule has 0 radical (unpaired) electrons. The number of thiophene rings is 1. The van der Waals surface area contributed by atoms with Crippen molar-refractivity contribution in [2.75, 3.05) is 19.0 Å². The molecule has 0 fully saturated rings. The number of unbranched alkanes of at least 4 members (excludes halogenated alkanes) is 2. The third-order valence-corrected chi connectivity index (χ3v) is 7.18. The topological polar surface area (TPSA) is 92.8 Å². The first kappa shape index (κ1) is 22.2. The summed E-state index contributed by atoms with van der Waals surface area (Å²) in [5, 5.41) is 3.48. The smallest absolute Gasteiger partial charge is 0.341 e. The summed E-state index contributed by atoms with van der Waals surface area (Å²) in [4.78, 5) is 52.0. The van der Waals surface area contributed by atoms with Crippen LogP contribution in [-0.2, 0) is 22.4 Å². The Hall–Kier alpha value is -3.00. The number of carbonyl (C=O) groups excluding carboxylic acids is 4. The summed E-state index contributed by atoms with van der Waals surface area (Å²) in [6.07, 6.45) is 6.19. The number of rotatable bonds is 8. The van der Waals surface area contributed by atoms with Gasteiger partial charge in [-0.15, -0.1) is 11.3 Å². The molecule has 3 amide bonds. The average molecular weight is 455 g/mol. The molecular weight excluding hydrogens is 428 g/mol. The quantitative estimate of drug-likeness (QED) is 0.366. The third-order valence-electron chi connectivity index (χ3n) is 5.98. The first-order chi connectivity index (χ1) is 15.5. The van der Waals surface area contributed by atoms with Crippen molar-refractivity contribution in [1.82, 2.24) is 4.90 Å². The SMILES string of the molecule is COC(=O)c1c(NC(=O)CCCCCN2C(=O)c3ccccc3C2=O)sc2c1CCCC2. The van der Waals surface area contributed by atoms with Gasteiger partial charge in [0.05, 0.1) is 23.8 Å². The van der Waals surface area contributed by atoms with Crippen LogP contribution in [0.2, 0.25) is 0 Å². The van der Waals surface area contributed by atoms with Gasteiger partial charge in [-0.1, -0.05) is 18.6 Å². The molecule has 168 valence electrons. The van der Waals surface area contributed by atoms with Crippen LogP contribution in [-0.4, -0.2) is 42.2 Å². The van der Waals surface area contributed by atoms with Crippen LogP contribution in [0.1, 0.15) is 80.0 Å². The Labute approximate surface area is 190 Å². The minimum atomic E-state index is -0.402. The Morgan fingerprint density at radius 3 is 2.41 bits per heavy atom. The second-order valence-corrected chi connectivity index (χ2v) is 9.18. The van der Waals surface area contributed by atoms with Crippen LogP contribution in [0.5, 0.6) is 0 Å². The number of imide groups is 1. The van der Waals surface area contributed by atoms with E-state index >= 15 is 0 Å². The molecule has 0 atom stereocenters. The monoisotopic (exact) mass is 454 g/mol. The standard InChI is InChI=1S/C24H26N2O5S/c1-31-24(30)20-17-11-6-7-12-18(17)32-21(20)25-19(27)13-3-2-8-14-26-22(28)15-9-4-5-10-16(15)23(26)29/h4-5,9-10H,2-3,6-8,11-14H2,1H3,(H,25,27). The van der Waals surface area contributed by atoms with E-state index in [0.717, 1.165) is 36.1 Å². The molecule has 1 aliphatic carbocycles. The fourth-order valence-corrected chi connectivity index (χ4v) is 5.63. The van der Waals surface area contributed by atoms with E-state index in [1.165, 1.54) is 23.3 Å². The predicted molar refractivity (Wildman–Crippen MR) is 121 cm³/mol. The van der Waals surface area contributed by atoms with Crippen LogP contribution in [0, 0.1) is 0 Å². The Morgan fingerprint density at radius 1 is 1.03 bits per heavy atom. The zero-order chi connectivity index (χ0) is 22.7. The number of hydrogen-bond acceptors (Lipinski definition) is 6. The molecule has 8 heteroatoms. The number of benzene rings is 1. The molecule has 2 aliphatic rings. The number of ether oxygens (including phenoxy) is 1. The van der Waals surface area contributed by atoms with Crippen molar-refractivity contribution in [2.45, 2.75) is 51.4 Å². The first-order valence-corrected chi connectivity index (χ1v) is 11.8. The lowest BCUT2D eigenvalue weighted by molar-refractivity contribution is -0.116. The van der Waals surface area contributed by atoms with Crippen LogP contribution in [0.25, 0.3) is 0 Å². The largest absolute Gasteiger partial charge is 0.465 e. The summed E-state index contributed by atoms with van der Waals surface area (Å²) >= 11 is 1.47. The molecule has 4 rings (SSSR count).